The van der Waals surface area contributed by atoms with Crippen LogP contribution >= 0.6 is 11.6 Å². The summed E-state index contributed by atoms with van der Waals surface area (Å²) in [4.78, 5) is 26.5. The average Bonchev–Trinajstić information content (AvgIpc) is 3.43. The van der Waals surface area contributed by atoms with Crippen molar-refractivity contribution in [3.05, 3.63) is 68.1 Å². The molecule has 0 aliphatic heterocycles. The molecule has 160 valence electrons. The number of carboxylic acids is 1. The van der Waals surface area contributed by atoms with Crippen LogP contribution in [0.25, 0.3) is 0 Å². The molecule has 0 radical (unpaired) electrons. The summed E-state index contributed by atoms with van der Waals surface area (Å²) in [5.74, 6) is -0.421. The zero-order valence-electron chi connectivity index (χ0n) is 17.4. The van der Waals surface area contributed by atoms with Gasteiger partial charge in [-0.15, -0.1) is 0 Å². The summed E-state index contributed by atoms with van der Waals surface area (Å²) in [6, 6.07) is 9.36. The number of carboxylic acid groups (broad SMARTS) is 1. The number of aromatic carboxylic acids is 1. The van der Waals surface area contributed by atoms with Crippen molar-refractivity contribution in [1.82, 2.24) is 9.47 Å². The van der Waals surface area contributed by atoms with E-state index in [0.717, 1.165) is 30.6 Å². The largest absolute Gasteiger partial charge is 0.478 e. The number of pyridine rings is 1. The Morgan fingerprint density at radius 3 is 2.43 bits per heavy atom. The molecule has 30 heavy (non-hydrogen) atoms. The molecular weight excluding hydrogens is 400 g/mol. The molecule has 1 aromatic carbocycles. The SMILES string of the molecule is CN(Cc1c(C2CC2)cc(Cl)c(=O)n1CCc1ccc(C(=O)O)cc1)C1CCCC1. The van der Waals surface area contributed by atoms with Crippen LogP contribution in [0, 0.1) is 0 Å². The van der Waals surface area contributed by atoms with Crippen molar-refractivity contribution < 1.29 is 9.90 Å². The second-order valence-corrected chi connectivity index (χ2v) is 9.14. The number of hydrogen-bond donors (Lipinski definition) is 1. The fourth-order valence-electron chi connectivity index (χ4n) is 4.62. The van der Waals surface area contributed by atoms with Crippen LogP contribution in [0.15, 0.2) is 35.1 Å². The maximum absolute atomic E-state index is 13.0. The van der Waals surface area contributed by atoms with Gasteiger partial charge in [0.15, 0.2) is 0 Å². The first-order chi connectivity index (χ1) is 14.4. The van der Waals surface area contributed by atoms with Crippen LogP contribution in [-0.4, -0.2) is 33.6 Å². The van der Waals surface area contributed by atoms with E-state index in [-0.39, 0.29) is 11.1 Å². The Morgan fingerprint density at radius 2 is 1.83 bits per heavy atom. The number of benzene rings is 1. The molecule has 2 fully saturated rings. The fraction of sp³-hybridized carbons (Fsp3) is 0.500. The molecule has 6 heteroatoms. The Hall–Kier alpha value is -2.11. The second-order valence-electron chi connectivity index (χ2n) is 8.73. The van der Waals surface area contributed by atoms with Crippen LogP contribution in [0.3, 0.4) is 0 Å². The van der Waals surface area contributed by atoms with Crippen molar-refractivity contribution in [3.63, 3.8) is 0 Å². The third kappa shape index (κ3) is 4.62. The molecule has 1 N–H and O–H groups in total. The van der Waals surface area contributed by atoms with Crippen LogP contribution < -0.4 is 5.56 Å². The van der Waals surface area contributed by atoms with Crippen molar-refractivity contribution in [1.29, 1.82) is 0 Å². The van der Waals surface area contributed by atoms with Crippen LogP contribution in [0.4, 0.5) is 0 Å². The Morgan fingerprint density at radius 1 is 1.17 bits per heavy atom. The molecule has 0 amide bonds. The monoisotopic (exact) mass is 428 g/mol. The Balaban J connectivity index is 1.61. The first-order valence-corrected chi connectivity index (χ1v) is 11.3. The normalized spacial score (nSPS) is 17.0. The molecule has 5 nitrogen and oxygen atoms in total. The second kappa shape index (κ2) is 8.94. The molecule has 2 aromatic rings. The highest BCUT2D eigenvalue weighted by molar-refractivity contribution is 6.30. The number of aromatic nitrogens is 1. The van der Waals surface area contributed by atoms with E-state index in [1.807, 2.05) is 22.8 Å². The Labute approximate surface area is 182 Å². The van der Waals surface area contributed by atoms with Gasteiger partial charge in [-0.05, 0) is 74.4 Å². The van der Waals surface area contributed by atoms with E-state index in [1.165, 1.54) is 31.2 Å². The molecule has 0 spiro atoms. The first kappa shape index (κ1) is 21.1. The molecular formula is C24H29ClN2O3. The van der Waals surface area contributed by atoms with Crippen molar-refractivity contribution in [2.45, 2.75) is 70.0 Å². The minimum atomic E-state index is -0.932. The molecule has 2 saturated carbocycles. The van der Waals surface area contributed by atoms with Crippen LogP contribution in [0.5, 0.6) is 0 Å². The predicted octanol–water partition coefficient (Wildman–Crippen LogP) is 4.69. The lowest BCUT2D eigenvalue weighted by molar-refractivity contribution is 0.0697. The maximum atomic E-state index is 13.0. The molecule has 0 unspecified atom stereocenters. The summed E-state index contributed by atoms with van der Waals surface area (Å²) in [7, 11) is 2.17. The van der Waals surface area contributed by atoms with Gasteiger partial charge in [0.05, 0.1) is 5.56 Å². The number of nitrogens with zero attached hydrogens (tertiary/aromatic N) is 2. The number of hydrogen-bond acceptors (Lipinski definition) is 3. The number of rotatable bonds is 8. The third-order valence-electron chi connectivity index (χ3n) is 6.58. The maximum Gasteiger partial charge on any atom is 0.335 e. The molecule has 4 rings (SSSR count). The minimum Gasteiger partial charge on any atom is -0.478 e. The van der Waals surface area contributed by atoms with Crippen molar-refractivity contribution in [2.75, 3.05) is 7.05 Å². The number of halogens is 1. The molecule has 0 bridgehead atoms. The highest BCUT2D eigenvalue weighted by Crippen LogP contribution is 2.42. The third-order valence-corrected chi connectivity index (χ3v) is 6.85. The minimum absolute atomic E-state index is 0.127. The van der Waals surface area contributed by atoms with Gasteiger partial charge in [-0.3, -0.25) is 9.69 Å². The lowest BCUT2D eigenvalue weighted by atomic mass is 10.1. The zero-order valence-corrected chi connectivity index (χ0v) is 18.2. The summed E-state index contributed by atoms with van der Waals surface area (Å²) < 4.78 is 1.87. The highest BCUT2D eigenvalue weighted by Gasteiger charge is 2.30. The number of aryl methyl sites for hydroxylation is 1. The molecule has 1 aromatic heterocycles. The van der Waals surface area contributed by atoms with Gasteiger partial charge in [0, 0.05) is 24.8 Å². The van der Waals surface area contributed by atoms with Crippen LogP contribution in [-0.2, 0) is 19.5 Å². The van der Waals surface area contributed by atoms with Gasteiger partial charge in [0.25, 0.3) is 5.56 Å². The van der Waals surface area contributed by atoms with Crippen molar-refractivity contribution in [3.8, 4) is 0 Å². The van der Waals surface area contributed by atoms with Crippen molar-refractivity contribution in [2.24, 2.45) is 0 Å². The van der Waals surface area contributed by atoms with E-state index in [1.54, 1.807) is 12.1 Å². The lowest BCUT2D eigenvalue weighted by Gasteiger charge is -2.27. The molecule has 0 atom stereocenters. The van der Waals surface area contributed by atoms with Gasteiger partial charge < -0.3 is 9.67 Å². The van der Waals surface area contributed by atoms with E-state index in [9.17, 15) is 9.59 Å². The summed E-state index contributed by atoms with van der Waals surface area (Å²) in [5.41, 5.74) is 3.48. The molecule has 2 aliphatic rings. The van der Waals surface area contributed by atoms with Crippen molar-refractivity contribution >= 4 is 17.6 Å². The Bertz CT molecular complexity index is 973. The van der Waals surface area contributed by atoms with Gasteiger partial charge in [-0.1, -0.05) is 36.6 Å². The highest BCUT2D eigenvalue weighted by atomic mass is 35.5. The lowest BCUT2D eigenvalue weighted by Crippen LogP contribution is -2.34. The van der Waals surface area contributed by atoms with E-state index < -0.39 is 5.97 Å². The van der Waals surface area contributed by atoms with E-state index in [4.69, 9.17) is 16.7 Å². The average molecular weight is 429 g/mol. The topological polar surface area (TPSA) is 62.5 Å². The smallest absolute Gasteiger partial charge is 0.335 e. The predicted molar refractivity (Wildman–Crippen MR) is 119 cm³/mol. The standard InChI is InChI=1S/C24H29ClN2O3/c1-26(19-4-2-3-5-19)15-22-20(17-10-11-17)14-21(25)23(28)27(22)13-12-16-6-8-18(9-7-16)24(29)30/h6-9,14,17,19H,2-5,10-13,15H2,1H3,(H,29,30). The fourth-order valence-corrected chi connectivity index (χ4v) is 4.83. The van der Waals surface area contributed by atoms with Gasteiger partial charge in [0.2, 0.25) is 0 Å². The summed E-state index contributed by atoms with van der Waals surface area (Å²) in [5, 5.41) is 9.38. The van der Waals surface area contributed by atoms with E-state index >= 15 is 0 Å². The molecule has 1 heterocycles. The van der Waals surface area contributed by atoms with Gasteiger partial charge in [-0.25, -0.2) is 4.79 Å². The summed E-state index contributed by atoms with van der Waals surface area (Å²) >= 11 is 6.35. The molecule has 2 aliphatic carbocycles. The quantitative estimate of drug-likeness (QED) is 0.662. The zero-order chi connectivity index (χ0) is 21.3. The van der Waals surface area contributed by atoms with Crippen LogP contribution in [0.2, 0.25) is 5.02 Å². The number of carbonyl (C=O) groups is 1. The molecule has 0 saturated heterocycles. The van der Waals surface area contributed by atoms with Gasteiger partial charge in [0.1, 0.15) is 5.02 Å². The van der Waals surface area contributed by atoms with E-state index in [2.05, 4.69) is 11.9 Å². The Kier molecular flexibility index (Phi) is 6.30. The van der Waals surface area contributed by atoms with E-state index in [0.29, 0.717) is 29.9 Å². The summed E-state index contributed by atoms with van der Waals surface area (Å²) in [6.07, 6.45) is 7.99. The van der Waals surface area contributed by atoms with Gasteiger partial charge in [-0.2, -0.15) is 0 Å². The summed E-state index contributed by atoms with van der Waals surface area (Å²) in [6.45, 7) is 1.31. The van der Waals surface area contributed by atoms with Crippen LogP contribution in [0.1, 0.15) is 71.6 Å². The van der Waals surface area contributed by atoms with Gasteiger partial charge >= 0.3 is 5.97 Å². The first-order valence-electron chi connectivity index (χ1n) is 10.9.